The lowest BCUT2D eigenvalue weighted by molar-refractivity contribution is -0.138. The molecule has 1 N–H and O–H groups in total. The van der Waals surface area contributed by atoms with Crippen molar-refractivity contribution in [1.29, 1.82) is 0 Å². The van der Waals surface area contributed by atoms with Gasteiger partial charge in [-0.2, -0.15) is 0 Å². The molecule has 0 aliphatic carbocycles. The Hall–Kier alpha value is -2.06. The number of ether oxygens (including phenoxy) is 1. The Kier molecular flexibility index (Phi) is 4.53. The average molecular weight is 334 g/mol. The molecule has 0 bridgehead atoms. The van der Waals surface area contributed by atoms with Crippen LogP contribution in [0.25, 0.3) is 0 Å². The summed E-state index contributed by atoms with van der Waals surface area (Å²) in [7, 11) is 0. The molecule has 3 heterocycles. The third-order valence-corrected chi connectivity index (χ3v) is 4.45. The normalized spacial score (nSPS) is 18.2. The average Bonchev–Trinajstić information content (AvgIpc) is 2.91. The first-order chi connectivity index (χ1) is 11.0. The number of amides is 1. The highest BCUT2D eigenvalue weighted by atomic mass is 32.1. The molecular weight excluding hydrogens is 316 g/mol. The number of hydrogen-bond donors (Lipinski definition) is 1. The van der Waals surface area contributed by atoms with Crippen LogP contribution >= 0.6 is 11.3 Å². The van der Waals surface area contributed by atoms with Crippen LogP contribution in [0.2, 0.25) is 0 Å². The van der Waals surface area contributed by atoms with Crippen molar-refractivity contribution in [3.05, 3.63) is 44.0 Å². The lowest BCUT2D eigenvalue weighted by Crippen LogP contribution is -2.43. The zero-order chi connectivity index (χ0) is 16.4. The summed E-state index contributed by atoms with van der Waals surface area (Å²) in [5.41, 5.74) is 1.15. The van der Waals surface area contributed by atoms with E-state index in [1.54, 1.807) is 11.8 Å². The van der Waals surface area contributed by atoms with E-state index in [9.17, 15) is 9.59 Å². The molecule has 1 atom stereocenters. The molecule has 0 spiro atoms. The first kappa shape index (κ1) is 15.8. The fourth-order valence-electron chi connectivity index (χ4n) is 2.58. The smallest absolute Gasteiger partial charge is 0.251 e. The number of H-pyrrole nitrogens is 1. The Bertz CT molecular complexity index is 770. The van der Waals surface area contributed by atoms with Gasteiger partial charge in [-0.25, -0.2) is 9.97 Å². The van der Waals surface area contributed by atoms with Crippen molar-refractivity contribution in [2.45, 2.75) is 26.4 Å². The van der Waals surface area contributed by atoms with E-state index in [1.807, 2.05) is 12.3 Å². The maximum atomic E-state index is 12.4. The van der Waals surface area contributed by atoms with Gasteiger partial charge in [0.05, 0.1) is 36.0 Å². The van der Waals surface area contributed by atoms with Crippen LogP contribution in [0.3, 0.4) is 0 Å². The molecule has 3 rings (SSSR count). The molecule has 0 unspecified atom stereocenters. The minimum atomic E-state index is -0.370. The highest BCUT2D eigenvalue weighted by molar-refractivity contribution is 7.09. The monoisotopic (exact) mass is 334 g/mol. The molecule has 8 heteroatoms. The third-order valence-electron chi connectivity index (χ3n) is 3.63. The number of carbonyl (C=O) groups excluding carboxylic acids is 1. The Morgan fingerprint density at radius 2 is 2.30 bits per heavy atom. The van der Waals surface area contributed by atoms with E-state index in [0.717, 1.165) is 10.7 Å². The van der Waals surface area contributed by atoms with Gasteiger partial charge in [-0.05, 0) is 13.8 Å². The number of aromatic amines is 1. The second kappa shape index (κ2) is 6.59. The van der Waals surface area contributed by atoms with E-state index in [0.29, 0.717) is 37.6 Å². The molecule has 122 valence electrons. The minimum absolute atomic E-state index is 0.0187. The van der Waals surface area contributed by atoms with E-state index >= 15 is 0 Å². The van der Waals surface area contributed by atoms with Crippen LogP contribution in [0.15, 0.2) is 16.2 Å². The summed E-state index contributed by atoms with van der Waals surface area (Å²) in [6, 6.07) is 1.43. The number of hydrogen-bond acceptors (Lipinski definition) is 6. The first-order valence-electron chi connectivity index (χ1n) is 7.39. The predicted octanol–water partition coefficient (Wildman–Crippen LogP) is 0.986. The molecular formula is C15H18N4O3S. The van der Waals surface area contributed by atoms with Crippen molar-refractivity contribution < 1.29 is 9.53 Å². The summed E-state index contributed by atoms with van der Waals surface area (Å²) < 4.78 is 5.69. The van der Waals surface area contributed by atoms with Crippen LogP contribution in [0.4, 0.5) is 0 Å². The second-order valence-corrected chi connectivity index (χ2v) is 6.55. The van der Waals surface area contributed by atoms with Gasteiger partial charge in [-0.3, -0.25) is 9.59 Å². The molecule has 23 heavy (non-hydrogen) atoms. The lowest BCUT2D eigenvalue weighted by Gasteiger charge is -2.32. The number of nitrogens with one attached hydrogen (secondary N) is 1. The number of thiazole rings is 1. The van der Waals surface area contributed by atoms with Crippen LogP contribution < -0.4 is 5.56 Å². The van der Waals surface area contributed by atoms with Crippen LogP contribution in [0, 0.1) is 13.8 Å². The predicted molar refractivity (Wildman–Crippen MR) is 85.4 cm³/mol. The number of rotatable bonds is 3. The zero-order valence-corrected chi connectivity index (χ0v) is 13.9. The van der Waals surface area contributed by atoms with Gasteiger partial charge in [0.1, 0.15) is 11.9 Å². The summed E-state index contributed by atoms with van der Waals surface area (Å²) in [5.74, 6) is 0.558. The van der Waals surface area contributed by atoms with E-state index < -0.39 is 0 Å². The number of nitrogens with zero attached hydrogens (tertiary/aromatic N) is 3. The van der Waals surface area contributed by atoms with Gasteiger partial charge in [-0.1, -0.05) is 0 Å². The molecule has 0 radical (unpaired) electrons. The number of aryl methyl sites for hydroxylation is 2. The molecule has 0 aromatic carbocycles. The second-order valence-electron chi connectivity index (χ2n) is 5.49. The van der Waals surface area contributed by atoms with Gasteiger partial charge in [0, 0.05) is 18.0 Å². The molecule has 7 nitrogen and oxygen atoms in total. The molecule has 2 aromatic heterocycles. The first-order valence-corrected chi connectivity index (χ1v) is 8.27. The Balaban J connectivity index is 1.70. The molecule has 1 fully saturated rings. The fourth-order valence-corrected chi connectivity index (χ4v) is 3.19. The number of carbonyl (C=O) groups is 1. The summed E-state index contributed by atoms with van der Waals surface area (Å²) in [6.07, 6.45) is -0.0790. The van der Waals surface area contributed by atoms with Crippen LogP contribution in [0.1, 0.15) is 28.3 Å². The molecule has 1 saturated heterocycles. The van der Waals surface area contributed by atoms with E-state index in [4.69, 9.17) is 4.74 Å². The number of morpholine rings is 1. The van der Waals surface area contributed by atoms with E-state index in [2.05, 4.69) is 15.0 Å². The highest BCUT2D eigenvalue weighted by Gasteiger charge is 2.27. The van der Waals surface area contributed by atoms with Crippen LogP contribution in [0.5, 0.6) is 0 Å². The van der Waals surface area contributed by atoms with Gasteiger partial charge in [0.15, 0.2) is 0 Å². The van der Waals surface area contributed by atoms with Gasteiger partial charge < -0.3 is 14.6 Å². The number of aromatic nitrogens is 3. The fraction of sp³-hybridized carbons (Fsp3) is 0.467. The van der Waals surface area contributed by atoms with Crippen molar-refractivity contribution in [2.24, 2.45) is 0 Å². The van der Waals surface area contributed by atoms with Gasteiger partial charge in [-0.15, -0.1) is 11.3 Å². The van der Waals surface area contributed by atoms with Crippen molar-refractivity contribution in [2.75, 3.05) is 19.7 Å². The molecule has 1 aliphatic heterocycles. The maximum absolute atomic E-state index is 12.4. The Labute approximate surface area is 137 Å². The SMILES string of the molecule is Cc1nc([C@H]2CN(C(=O)Cc3csc(C)n3)CCO2)cc(=O)[nH]1. The molecule has 1 amide bonds. The molecule has 2 aromatic rings. The zero-order valence-electron chi connectivity index (χ0n) is 13.0. The summed E-state index contributed by atoms with van der Waals surface area (Å²) in [4.78, 5) is 37.0. The largest absolute Gasteiger partial charge is 0.368 e. The third kappa shape index (κ3) is 3.83. The minimum Gasteiger partial charge on any atom is -0.368 e. The highest BCUT2D eigenvalue weighted by Crippen LogP contribution is 2.20. The maximum Gasteiger partial charge on any atom is 0.251 e. The molecule has 0 saturated carbocycles. The Morgan fingerprint density at radius 3 is 3.00 bits per heavy atom. The van der Waals surface area contributed by atoms with Crippen LogP contribution in [-0.4, -0.2) is 45.5 Å². The summed E-state index contributed by atoms with van der Waals surface area (Å²) >= 11 is 1.54. The quantitative estimate of drug-likeness (QED) is 0.904. The van der Waals surface area contributed by atoms with Crippen LogP contribution in [-0.2, 0) is 16.0 Å². The van der Waals surface area contributed by atoms with Crippen molar-refractivity contribution >= 4 is 17.2 Å². The summed E-state index contributed by atoms with van der Waals surface area (Å²) in [6.45, 7) is 5.02. The standard InChI is InChI=1S/C15H18N4O3S/c1-9-16-12(6-14(20)17-9)13-7-19(3-4-22-13)15(21)5-11-8-23-10(2)18-11/h6,8,13H,3-5,7H2,1-2H3,(H,16,17,20)/t13-/m1/s1. The van der Waals surface area contributed by atoms with E-state index in [1.165, 1.54) is 17.4 Å². The lowest BCUT2D eigenvalue weighted by atomic mass is 10.2. The topological polar surface area (TPSA) is 88.2 Å². The van der Waals surface area contributed by atoms with Gasteiger partial charge in [0.25, 0.3) is 5.56 Å². The van der Waals surface area contributed by atoms with Crippen molar-refractivity contribution in [3.63, 3.8) is 0 Å². The summed E-state index contributed by atoms with van der Waals surface area (Å²) in [5, 5.41) is 2.86. The Morgan fingerprint density at radius 1 is 1.48 bits per heavy atom. The van der Waals surface area contributed by atoms with E-state index in [-0.39, 0.29) is 17.6 Å². The van der Waals surface area contributed by atoms with Crippen molar-refractivity contribution in [3.8, 4) is 0 Å². The van der Waals surface area contributed by atoms with Gasteiger partial charge >= 0.3 is 0 Å². The van der Waals surface area contributed by atoms with Crippen molar-refractivity contribution in [1.82, 2.24) is 19.9 Å². The molecule has 1 aliphatic rings. The van der Waals surface area contributed by atoms with Gasteiger partial charge in [0.2, 0.25) is 5.91 Å².